The van der Waals surface area contributed by atoms with Crippen molar-refractivity contribution >= 4 is 10.9 Å². The lowest BCUT2D eigenvalue weighted by Gasteiger charge is -2.26. The van der Waals surface area contributed by atoms with Gasteiger partial charge in [-0.15, -0.1) is 5.10 Å². The summed E-state index contributed by atoms with van der Waals surface area (Å²) in [4.78, 5) is 18.8. The van der Waals surface area contributed by atoms with E-state index < -0.39 is 0 Å². The quantitative estimate of drug-likeness (QED) is 0.542. The molecule has 0 saturated carbocycles. The number of likely N-dealkylation sites (tertiary alicyclic amines) is 1. The molecule has 0 spiro atoms. The fourth-order valence-corrected chi connectivity index (χ4v) is 4.52. The van der Waals surface area contributed by atoms with E-state index in [4.69, 9.17) is 0 Å². The van der Waals surface area contributed by atoms with E-state index in [9.17, 15) is 4.79 Å². The van der Waals surface area contributed by atoms with E-state index in [1.165, 1.54) is 5.56 Å². The molecule has 1 fully saturated rings. The van der Waals surface area contributed by atoms with E-state index in [2.05, 4.69) is 56.6 Å². The third kappa shape index (κ3) is 3.65. The van der Waals surface area contributed by atoms with Gasteiger partial charge in [0.25, 0.3) is 5.56 Å². The highest BCUT2D eigenvalue weighted by molar-refractivity contribution is 5.83. The normalized spacial score (nSPS) is 15.5. The van der Waals surface area contributed by atoms with Crippen molar-refractivity contribution < 1.29 is 0 Å². The highest BCUT2D eigenvalue weighted by atomic mass is 16.1. The van der Waals surface area contributed by atoms with Crippen molar-refractivity contribution in [3.05, 3.63) is 87.0 Å². The number of benzene rings is 2. The molecule has 0 amide bonds. The van der Waals surface area contributed by atoms with Crippen LogP contribution in [0.25, 0.3) is 10.9 Å². The van der Waals surface area contributed by atoms with E-state index in [1.807, 2.05) is 35.9 Å². The summed E-state index contributed by atoms with van der Waals surface area (Å²) >= 11 is 0. The summed E-state index contributed by atoms with van der Waals surface area (Å²) in [6.07, 6.45) is 2.22. The minimum Gasteiger partial charge on any atom is -0.321 e. The van der Waals surface area contributed by atoms with Crippen LogP contribution >= 0.6 is 0 Å². The first kappa shape index (κ1) is 19.6. The lowest BCUT2D eigenvalue weighted by atomic mass is 10.0. The minimum absolute atomic E-state index is 0.0765. The Morgan fingerprint density at radius 2 is 1.84 bits per heavy atom. The van der Waals surface area contributed by atoms with Crippen molar-refractivity contribution in [3.8, 4) is 0 Å². The first-order valence-corrected chi connectivity index (χ1v) is 10.8. The Balaban J connectivity index is 1.64. The van der Waals surface area contributed by atoms with Crippen molar-refractivity contribution in [2.75, 3.05) is 13.1 Å². The Morgan fingerprint density at radius 3 is 2.61 bits per heavy atom. The molecule has 0 unspecified atom stereocenters. The predicted molar refractivity (Wildman–Crippen MR) is 120 cm³/mol. The number of pyridine rings is 1. The topological polar surface area (TPSA) is 79.7 Å². The van der Waals surface area contributed by atoms with E-state index in [0.29, 0.717) is 17.9 Å². The lowest BCUT2D eigenvalue weighted by Crippen LogP contribution is -2.33. The van der Waals surface area contributed by atoms with Crippen LogP contribution < -0.4 is 5.56 Å². The van der Waals surface area contributed by atoms with Gasteiger partial charge in [0.2, 0.25) is 0 Å². The third-order valence-electron chi connectivity index (χ3n) is 6.36. The molecule has 0 bridgehead atoms. The first-order valence-electron chi connectivity index (χ1n) is 10.8. The summed E-state index contributed by atoms with van der Waals surface area (Å²) in [5, 5.41) is 13.7. The Morgan fingerprint density at radius 1 is 1.06 bits per heavy atom. The molecule has 0 aliphatic carbocycles. The van der Waals surface area contributed by atoms with Gasteiger partial charge < -0.3 is 4.98 Å². The molecule has 158 valence electrons. The van der Waals surface area contributed by atoms with Gasteiger partial charge in [-0.25, -0.2) is 4.68 Å². The van der Waals surface area contributed by atoms with Crippen LogP contribution in [0.4, 0.5) is 0 Å². The molecule has 31 heavy (non-hydrogen) atoms. The van der Waals surface area contributed by atoms with Crippen LogP contribution in [-0.2, 0) is 6.54 Å². The molecular weight excluding hydrogens is 388 g/mol. The highest BCUT2D eigenvalue weighted by Gasteiger charge is 2.32. The Hall–Kier alpha value is -3.32. The van der Waals surface area contributed by atoms with Crippen LogP contribution in [0, 0.1) is 13.8 Å². The number of aromatic amines is 1. The molecule has 1 N–H and O–H groups in total. The number of aromatic nitrogens is 5. The van der Waals surface area contributed by atoms with Gasteiger partial charge in [-0.2, -0.15) is 0 Å². The molecule has 1 saturated heterocycles. The largest absolute Gasteiger partial charge is 0.321 e. The van der Waals surface area contributed by atoms with Crippen molar-refractivity contribution in [1.29, 1.82) is 0 Å². The van der Waals surface area contributed by atoms with Crippen LogP contribution in [0.1, 0.15) is 47.0 Å². The maximum absolute atomic E-state index is 13.3. The Labute approximate surface area is 180 Å². The minimum atomic E-state index is -0.282. The van der Waals surface area contributed by atoms with Gasteiger partial charge in [0.05, 0.1) is 12.1 Å². The molecule has 0 radical (unpaired) electrons. The lowest BCUT2D eigenvalue weighted by molar-refractivity contribution is 0.263. The summed E-state index contributed by atoms with van der Waals surface area (Å²) < 4.78 is 1.82. The van der Waals surface area contributed by atoms with Crippen molar-refractivity contribution in [2.45, 2.75) is 39.3 Å². The number of rotatable bonds is 5. The summed E-state index contributed by atoms with van der Waals surface area (Å²) in [5.41, 5.74) is 4.91. The summed E-state index contributed by atoms with van der Waals surface area (Å²) in [5.74, 6) is 0.708. The van der Waals surface area contributed by atoms with E-state index in [-0.39, 0.29) is 11.6 Å². The molecule has 3 heterocycles. The zero-order valence-electron chi connectivity index (χ0n) is 17.9. The summed E-state index contributed by atoms with van der Waals surface area (Å²) in [6.45, 7) is 6.52. The molecule has 1 aliphatic rings. The summed E-state index contributed by atoms with van der Waals surface area (Å²) in [6, 6.07) is 16.0. The highest BCUT2D eigenvalue weighted by Crippen LogP contribution is 2.30. The molecular formula is C24H26N6O. The van der Waals surface area contributed by atoms with Gasteiger partial charge in [0.15, 0.2) is 5.82 Å². The number of hydrogen-bond acceptors (Lipinski definition) is 5. The molecule has 2 aromatic heterocycles. The first-order chi connectivity index (χ1) is 15.1. The zero-order valence-corrected chi connectivity index (χ0v) is 17.9. The van der Waals surface area contributed by atoms with Gasteiger partial charge in [-0.1, -0.05) is 42.5 Å². The Kier molecular flexibility index (Phi) is 5.11. The maximum Gasteiger partial charge on any atom is 0.253 e. The zero-order chi connectivity index (χ0) is 21.4. The standard InChI is InChI=1S/C24H26N6O/c1-16-10-11-19-14-20(24(31)25-21(19)17(16)2)22(29-12-6-7-13-29)23-26-27-28-30(23)15-18-8-4-3-5-9-18/h3-5,8-11,14,22H,6-7,12-13,15H2,1-2H3,(H,25,31)/t22-/m0/s1. The van der Waals surface area contributed by atoms with E-state index in [0.717, 1.165) is 48.0 Å². The second-order valence-corrected chi connectivity index (χ2v) is 8.35. The fourth-order valence-electron chi connectivity index (χ4n) is 4.52. The SMILES string of the molecule is Cc1ccc2cc([C@@H](c3nnnn3Cc3ccccc3)N3CCCC3)c(=O)[nH]c2c1C. The number of nitrogens with one attached hydrogen (secondary N) is 1. The molecule has 5 rings (SSSR count). The monoisotopic (exact) mass is 414 g/mol. The van der Waals surface area contributed by atoms with Gasteiger partial charge in [0, 0.05) is 5.56 Å². The number of aryl methyl sites for hydroxylation is 2. The molecule has 4 aromatic rings. The summed E-state index contributed by atoms with van der Waals surface area (Å²) in [7, 11) is 0. The van der Waals surface area contributed by atoms with Crippen molar-refractivity contribution in [2.24, 2.45) is 0 Å². The predicted octanol–water partition coefficient (Wildman–Crippen LogP) is 3.36. The molecule has 2 aromatic carbocycles. The molecule has 7 heteroatoms. The van der Waals surface area contributed by atoms with E-state index in [1.54, 1.807) is 0 Å². The van der Waals surface area contributed by atoms with Gasteiger partial charge in [-0.05, 0) is 78.3 Å². The Bertz CT molecular complexity index is 1270. The van der Waals surface area contributed by atoms with Crippen molar-refractivity contribution in [1.82, 2.24) is 30.1 Å². The van der Waals surface area contributed by atoms with Crippen LogP contribution in [0.3, 0.4) is 0 Å². The maximum atomic E-state index is 13.3. The smallest absolute Gasteiger partial charge is 0.253 e. The third-order valence-corrected chi connectivity index (χ3v) is 6.36. The van der Waals surface area contributed by atoms with Crippen molar-refractivity contribution in [3.63, 3.8) is 0 Å². The number of hydrogen-bond donors (Lipinski definition) is 1. The van der Waals surface area contributed by atoms with Gasteiger partial charge in [0.1, 0.15) is 6.04 Å². The second kappa shape index (κ2) is 8.07. The van der Waals surface area contributed by atoms with Crippen LogP contribution in [-0.4, -0.2) is 43.2 Å². The molecule has 1 atom stereocenters. The fraction of sp³-hybridized carbons (Fsp3) is 0.333. The second-order valence-electron chi connectivity index (χ2n) is 8.35. The van der Waals surface area contributed by atoms with Crippen LogP contribution in [0.2, 0.25) is 0 Å². The van der Waals surface area contributed by atoms with Gasteiger partial charge >= 0.3 is 0 Å². The number of H-pyrrole nitrogens is 1. The number of nitrogens with zero attached hydrogens (tertiary/aromatic N) is 5. The van der Waals surface area contributed by atoms with Gasteiger partial charge in [-0.3, -0.25) is 9.69 Å². The molecule has 7 nitrogen and oxygen atoms in total. The molecule has 1 aliphatic heterocycles. The number of fused-ring (bicyclic) bond motifs is 1. The average Bonchev–Trinajstić information content (AvgIpc) is 3.46. The number of tetrazole rings is 1. The average molecular weight is 415 g/mol. The van der Waals surface area contributed by atoms with E-state index >= 15 is 0 Å². The van der Waals surface area contributed by atoms with Crippen LogP contribution in [0.15, 0.2) is 53.3 Å². The van der Waals surface area contributed by atoms with Crippen LogP contribution in [0.5, 0.6) is 0 Å².